The van der Waals surface area contributed by atoms with E-state index in [1.165, 1.54) is 6.20 Å². The Bertz CT molecular complexity index is 230. The summed E-state index contributed by atoms with van der Waals surface area (Å²) in [7, 11) is 0. The van der Waals surface area contributed by atoms with E-state index in [0.29, 0.717) is 22.4 Å². The quantitative estimate of drug-likeness (QED) is 0.492. The molecular formula is C7H12N2O2. The molecule has 62 valence electrons. The van der Waals surface area contributed by atoms with E-state index in [4.69, 9.17) is 5.21 Å². The van der Waals surface area contributed by atoms with Gasteiger partial charge in [0.1, 0.15) is 0 Å². The van der Waals surface area contributed by atoms with Gasteiger partial charge in [-0.05, 0) is 6.92 Å². The molecular weight excluding hydrogens is 144 g/mol. The monoisotopic (exact) mass is 156 g/mol. The minimum Gasteiger partial charge on any atom is -0.412 e. The van der Waals surface area contributed by atoms with Gasteiger partial charge in [0.2, 0.25) is 0 Å². The van der Waals surface area contributed by atoms with Gasteiger partial charge in [0.15, 0.2) is 6.29 Å². The van der Waals surface area contributed by atoms with Crippen LogP contribution in [-0.4, -0.2) is 21.4 Å². The van der Waals surface area contributed by atoms with Crippen molar-refractivity contribution in [3.63, 3.8) is 0 Å². The van der Waals surface area contributed by atoms with Crippen LogP contribution in [0.25, 0.3) is 0 Å². The number of nitrogens with zero attached hydrogens (tertiary/aromatic N) is 2. The first-order valence-corrected chi connectivity index (χ1v) is 3.44. The average Bonchev–Trinajstić information content (AvgIpc) is 2.33. The van der Waals surface area contributed by atoms with E-state index in [2.05, 4.69) is 5.10 Å². The van der Waals surface area contributed by atoms with E-state index in [1.807, 2.05) is 13.8 Å². The molecule has 0 atom stereocenters. The van der Waals surface area contributed by atoms with Gasteiger partial charge in [-0.15, -0.1) is 9.94 Å². The Morgan fingerprint density at radius 3 is 2.36 bits per heavy atom. The molecule has 0 aliphatic carbocycles. The van der Waals surface area contributed by atoms with Crippen LogP contribution < -0.4 is 0 Å². The minimum absolute atomic E-state index is 0.414. The number of hydrogen-bond donors (Lipinski definition) is 1. The summed E-state index contributed by atoms with van der Waals surface area (Å²) >= 11 is 0. The Hall–Kier alpha value is -1.32. The average molecular weight is 156 g/mol. The smallest absolute Gasteiger partial charge is 0.153 e. The molecule has 1 aromatic rings. The van der Waals surface area contributed by atoms with Crippen LogP contribution in [0.5, 0.6) is 0 Å². The van der Waals surface area contributed by atoms with Crippen LogP contribution in [-0.2, 0) is 0 Å². The predicted molar refractivity (Wildman–Crippen MR) is 40.9 cm³/mol. The van der Waals surface area contributed by atoms with Crippen molar-refractivity contribution in [1.82, 2.24) is 9.94 Å². The highest BCUT2D eigenvalue weighted by atomic mass is 16.5. The zero-order chi connectivity index (χ0) is 8.85. The highest BCUT2D eigenvalue weighted by Crippen LogP contribution is 1.98. The van der Waals surface area contributed by atoms with E-state index in [9.17, 15) is 4.79 Å². The zero-order valence-electron chi connectivity index (χ0n) is 6.90. The summed E-state index contributed by atoms with van der Waals surface area (Å²) in [5, 5.41) is 12.1. The normalized spacial score (nSPS) is 8.27. The van der Waals surface area contributed by atoms with Crippen molar-refractivity contribution in [2.24, 2.45) is 0 Å². The van der Waals surface area contributed by atoms with Crippen molar-refractivity contribution in [1.29, 1.82) is 0 Å². The van der Waals surface area contributed by atoms with Crippen molar-refractivity contribution in [2.45, 2.75) is 20.8 Å². The Balaban J connectivity index is 0.000000461. The first kappa shape index (κ1) is 9.68. The molecule has 0 saturated carbocycles. The fourth-order valence-electron chi connectivity index (χ4n) is 0.574. The molecule has 0 radical (unpaired) electrons. The summed E-state index contributed by atoms with van der Waals surface area (Å²) in [5.74, 6) is 0. The molecule has 0 aromatic carbocycles. The molecule has 0 spiro atoms. The van der Waals surface area contributed by atoms with Gasteiger partial charge in [-0.2, -0.15) is 0 Å². The number of aldehydes is 1. The minimum atomic E-state index is 0.414. The molecule has 0 aliphatic rings. The summed E-state index contributed by atoms with van der Waals surface area (Å²) in [5.41, 5.74) is 0.949. The van der Waals surface area contributed by atoms with Crippen LogP contribution in [0.4, 0.5) is 0 Å². The molecule has 1 N–H and O–H groups in total. The number of aryl methyl sites for hydroxylation is 1. The predicted octanol–water partition coefficient (Wildman–Crippen LogP) is 1.27. The van der Waals surface area contributed by atoms with Crippen molar-refractivity contribution >= 4 is 6.29 Å². The van der Waals surface area contributed by atoms with Gasteiger partial charge in [-0.25, -0.2) is 0 Å². The molecule has 1 aromatic heterocycles. The Labute approximate surface area is 65.4 Å². The fraction of sp³-hybridized carbons (Fsp3) is 0.429. The van der Waals surface area contributed by atoms with Gasteiger partial charge in [-0.3, -0.25) is 4.79 Å². The SMILES string of the molecule is CC.Cc1nn(O)cc1C=O. The summed E-state index contributed by atoms with van der Waals surface area (Å²) in [6, 6.07) is 0. The lowest BCUT2D eigenvalue weighted by molar-refractivity contribution is 0.111. The number of carbonyl (C=O) groups is 1. The van der Waals surface area contributed by atoms with Crippen LogP contribution in [0, 0.1) is 6.92 Å². The molecule has 0 unspecified atom stereocenters. The third kappa shape index (κ3) is 2.41. The van der Waals surface area contributed by atoms with E-state index in [1.54, 1.807) is 6.92 Å². The first-order valence-electron chi connectivity index (χ1n) is 3.44. The molecule has 4 heteroatoms. The van der Waals surface area contributed by atoms with E-state index in [-0.39, 0.29) is 0 Å². The Morgan fingerprint density at radius 2 is 2.18 bits per heavy atom. The first-order chi connectivity index (χ1) is 5.24. The lowest BCUT2D eigenvalue weighted by Crippen LogP contribution is -1.88. The second-order valence-corrected chi connectivity index (χ2v) is 1.71. The summed E-state index contributed by atoms with van der Waals surface area (Å²) in [4.78, 5) is 10.7. The van der Waals surface area contributed by atoms with Crippen LogP contribution in [0.3, 0.4) is 0 Å². The summed E-state index contributed by atoms with van der Waals surface area (Å²) in [6.45, 7) is 5.65. The van der Waals surface area contributed by atoms with Crippen LogP contribution in [0.1, 0.15) is 29.9 Å². The maximum absolute atomic E-state index is 10.1. The van der Waals surface area contributed by atoms with Gasteiger partial charge < -0.3 is 5.21 Å². The lowest BCUT2D eigenvalue weighted by atomic mass is 10.3. The summed E-state index contributed by atoms with van der Waals surface area (Å²) in [6.07, 6.45) is 1.90. The highest BCUT2D eigenvalue weighted by molar-refractivity contribution is 5.75. The van der Waals surface area contributed by atoms with E-state index in [0.717, 1.165) is 0 Å². The Kier molecular flexibility index (Phi) is 3.95. The van der Waals surface area contributed by atoms with Gasteiger partial charge in [-0.1, -0.05) is 13.8 Å². The fourth-order valence-corrected chi connectivity index (χ4v) is 0.574. The van der Waals surface area contributed by atoms with Crippen LogP contribution in [0.15, 0.2) is 6.20 Å². The standard InChI is InChI=1S/C5H6N2O2.C2H6/c1-4-5(3-8)2-7(9)6-4;1-2/h2-3,9H,1H3;1-2H3. The summed E-state index contributed by atoms with van der Waals surface area (Å²) < 4.78 is 0. The molecule has 0 bridgehead atoms. The van der Waals surface area contributed by atoms with Gasteiger partial charge >= 0.3 is 0 Å². The molecule has 1 rings (SSSR count). The highest BCUT2D eigenvalue weighted by Gasteiger charge is 1.99. The van der Waals surface area contributed by atoms with Crippen molar-refractivity contribution < 1.29 is 10.0 Å². The number of rotatable bonds is 1. The molecule has 11 heavy (non-hydrogen) atoms. The van der Waals surface area contributed by atoms with E-state index >= 15 is 0 Å². The lowest BCUT2D eigenvalue weighted by Gasteiger charge is -1.79. The van der Waals surface area contributed by atoms with Gasteiger partial charge in [0, 0.05) is 0 Å². The topological polar surface area (TPSA) is 55.1 Å². The molecule has 0 aliphatic heterocycles. The van der Waals surface area contributed by atoms with Crippen LogP contribution >= 0.6 is 0 Å². The van der Waals surface area contributed by atoms with Crippen LogP contribution in [0.2, 0.25) is 0 Å². The van der Waals surface area contributed by atoms with E-state index < -0.39 is 0 Å². The Morgan fingerprint density at radius 1 is 1.64 bits per heavy atom. The number of carbonyl (C=O) groups excluding carboxylic acids is 1. The van der Waals surface area contributed by atoms with Gasteiger partial charge in [0.05, 0.1) is 17.5 Å². The maximum Gasteiger partial charge on any atom is 0.153 e. The van der Waals surface area contributed by atoms with Crippen molar-refractivity contribution in [2.75, 3.05) is 0 Å². The maximum atomic E-state index is 10.1. The number of hydrogen-bond acceptors (Lipinski definition) is 3. The molecule has 0 fully saturated rings. The zero-order valence-corrected chi connectivity index (χ0v) is 6.90. The number of aromatic nitrogens is 2. The molecule has 0 saturated heterocycles. The second kappa shape index (κ2) is 4.49. The third-order valence-corrected chi connectivity index (χ3v) is 1.05. The van der Waals surface area contributed by atoms with Crippen molar-refractivity contribution in [3.8, 4) is 0 Å². The molecule has 1 heterocycles. The third-order valence-electron chi connectivity index (χ3n) is 1.05. The second-order valence-electron chi connectivity index (χ2n) is 1.71. The molecule has 0 amide bonds. The van der Waals surface area contributed by atoms with Crippen molar-refractivity contribution in [3.05, 3.63) is 17.5 Å². The molecule has 4 nitrogen and oxygen atoms in total. The van der Waals surface area contributed by atoms with Gasteiger partial charge in [0.25, 0.3) is 0 Å². The largest absolute Gasteiger partial charge is 0.412 e.